The van der Waals surface area contributed by atoms with Gasteiger partial charge in [0.25, 0.3) is 0 Å². The number of aliphatic hydroxyl groups is 2. The van der Waals surface area contributed by atoms with Crippen molar-refractivity contribution in [2.45, 2.75) is 76.9 Å². The van der Waals surface area contributed by atoms with Gasteiger partial charge in [0.05, 0.1) is 32.6 Å². The highest BCUT2D eigenvalue weighted by molar-refractivity contribution is 6.07. The van der Waals surface area contributed by atoms with Crippen molar-refractivity contribution in [2.24, 2.45) is 16.9 Å². The van der Waals surface area contributed by atoms with Crippen molar-refractivity contribution in [3.8, 4) is 17.2 Å². The monoisotopic (exact) mass is 581 g/mol. The van der Waals surface area contributed by atoms with Crippen LogP contribution >= 0.6 is 0 Å². The lowest BCUT2D eigenvalue weighted by Crippen LogP contribution is -2.46. The van der Waals surface area contributed by atoms with E-state index in [1.54, 1.807) is 31.4 Å². The van der Waals surface area contributed by atoms with Gasteiger partial charge in [-0.3, -0.25) is 4.79 Å². The highest BCUT2D eigenvalue weighted by Crippen LogP contribution is 2.39. The summed E-state index contributed by atoms with van der Waals surface area (Å²) < 4.78 is 10.9. The van der Waals surface area contributed by atoms with E-state index < -0.39 is 6.10 Å². The van der Waals surface area contributed by atoms with Gasteiger partial charge in [-0.25, -0.2) is 5.01 Å². The maximum absolute atomic E-state index is 13.3. The molecular weight excluding hydrogens is 534 g/mol. The van der Waals surface area contributed by atoms with E-state index >= 15 is 0 Å². The van der Waals surface area contributed by atoms with E-state index in [1.165, 1.54) is 6.07 Å². The molecule has 9 heteroatoms. The zero-order valence-electron chi connectivity index (χ0n) is 25.1. The van der Waals surface area contributed by atoms with Crippen molar-refractivity contribution < 1.29 is 29.6 Å². The molecule has 1 fully saturated rings. The van der Waals surface area contributed by atoms with Crippen LogP contribution in [-0.4, -0.2) is 65.8 Å². The molecule has 1 aliphatic carbocycles. The van der Waals surface area contributed by atoms with Gasteiger partial charge in [-0.05, 0) is 68.1 Å². The zero-order valence-corrected chi connectivity index (χ0v) is 25.1. The number of hydrazone groups is 1. The third kappa shape index (κ3) is 8.02. The number of benzene rings is 2. The molecule has 4 rings (SSSR count). The molecule has 230 valence electrons. The lowest BCUT2D eigenvalue weighted by Gasteiger charge is -2.38. The fourth-order valence-corrected chi connectivity index (χ4v) is 6.14. The molecule has 2 aromatic carbocycles. The molecule has 0 aromatic heterocycles. The van der Waals surface area contributed by atoms with Gasteiger partial charge in [-0.1, -0.05) is 44.6 Å². The number of hydrogen-bond donors (Lipinski definition) is 4. The molecule has 3 atom stereocenters. The largest absolute Gasteiger partial charge is 0.508 e. The number of hydrogen-bond acceptors (Lipinski definition) is 8. The Balaban J connectivity index is 1.18. The van der Waals surface area contributed by atoms with Crippen LogP contribution in [0.1, 0.15) is 87.0 Å². The number of amides is 1. The Morgan fingerprint density at radius 3 is 2.40 bits per heavy atom. The number of rotatable bonds is 16. The van der Waals surface area contributed by atoms with E-state index in [1.807, 2.05) is 18.2 Å². The van der Waals surface area contributed by atoms with Crippen molar-refractivity contribution in [3.63, 3.8) is 0 Å². The Morgan fingerprint density at radius 1 is 0.952 bits per heavy atom. The number of carbonyl (C=O) groups is 1. The Bertz CT molecular complexity index is 1200. The average molecular weight is 582 g/mol. The molecule has 1 aliphatic heterocycles. The standard InChI is InChI=1S/C33H47N3O6/c1-41-30-16-14-24(20-31(30)42-2)32-26-11-7-8-12-27(26)33(40)36(35-32)18-10-6-4-3-5-9-17-34-21-29(39)23-13-15-28(38)25(19-23)22-37/h13-16,19-20,26-27,29,34,37-39H,3-12,17-18,21-22H2,1-2H3. The van der Waals surface area contributed by atoms with Crippen molar-refractivity contribution in [3.05, 3.63) is 53.1 Å². The van der Waals surface area contributed by atoms with Gasteiger partial charge >= 0.3 is 0 Å². The first-order valence-corrected chi connectivity index (χ1v) is 15.4. The number of aromatic hydroxyl groups is 1. The summed E-state index contributed by atoms with van der Waals surface area (Å²) in [6.07, 6.45) is 9.80. The highest BCUT2D eigenvalue weighted by Gasteiger charge is 2.41. The van der Waals surface area contributed by atoms with E-state index in [-0.39, 0.29) is 30.1 Å². The third-order valence-corrected chi connectivity index (χ3v) is 8.57. The number of fused-ring (bicyclic) bond motifs is 1. The van der Waals surface area contributed by atoms with Crippen molar-refractivity contribution >= 4 is 11.6 Å². The van der Waals surface area contributed by atoms with E-state index in [9.17, 15) is 20.1 Å². The Kier molecular flexibility index (Phi) is 12.0. The van der Waals surface area contributed by atoms with Crippen LogP contribution in [0.25, 0.3) is 0 Å². The molecule has 0 spiro atoms. The van der Waals surface area contributed by atoms with Crippen LogP contribution in [0.4, 0.5) is 0 Å². The Labute approximate surface area is 249 Å². The topological polar surface area (TPSA) is 124 Å². The number of aliphatic hydroxyl groups excluding tert-OH is 2. The summed E-state index contributed by atoms with van der Waals surface area (Å²) in [6.45, 7) is 1.63. The van der Waals surface area contributed by atoms with Crippen LogP contribution in [0.15, 0.2) is 41.5 Å². The molecule has 9 nitrogen and oxygen atoms in total. The second kappa shape index (κ2) is 15.9. The summed E-state index contributed by atoms with van der Waals surface area (Å²) in [5, 5.41) is 39.3. The van der Waals surface area contributed by atoms with Crippen LogP contribution in [0.5, 0.6) is 17.2 Å². The van der Waals surface area contributed by atoms with Gasteiger partial charge in [0.2, 0.25) is 5.91 Å². The van der Waals surface area contributed by atoms with Gasteiger partial charge in [0.15, 0.2) is 11.5 Å². The molecule has 3 unspecified atom stereocenters. The number of phenols is 1. The van der Waals surface area contributed by atoms with E-state index in [4.69, 9.17) is 14.6 Å². The minimum atomic E-state index is -0.688. The molecular formula is C33H47N3O6. The number of ether oxygens (including phenoxy) is 2. The van der Waals surface area contributed by atoms with Crippen molar-refractivity contribution in [1.29, 1.82) is 0 Å². The predicted octanol–water partition coefficient (Wildman–Crippen LogP) is 4.92. The molecule has 0 radical (unpaired) electrons. The smallest absolute Gasteiger partial charge is 0.246 e. The van der Waals surface area contributed by atoms with Crippen LogP contribution in [0.3, 0.4) is 0 Å². The molecule has 4 N–H and O–H groups in total. The van der Waals surface area contributed by atoms with E-state index in [0.29, 0.717) is 35.7 Å². The second-order valence-electron chi connectivity index (χ2n) is 11.4. The lowest BCUT2D eigenvalue weighted by atomic mass is 9.73. The zero-order chi connectivity index (χ0) is 29.9. The van der Waals surface area contributed by atoms with Gasteiger partial charge in [-0.2, -0.15) is 5.10 Å². The first-order valence-electron chi connectivity index (χ1n) is 15.4. The van der Waals surface area contributed by atoms with Gasteiger partial charge in [0.1, 0.15) is 5.75 Å². The summed E-state index contributed by atoms with van der Waals surface area (Å²) >= 11 is 0. The van der Waals surface area contributed by atoms with Crippen molar-refractivity contribution in [2.75, 3.05) is 33.9 Å². The minimum absolute atomic E-state index is 0.0103. The minimum Gasteiger partial charge on any atom is -0.508 e. The quantitative estimate of drug-likeness (QED) is 0.208. The summed E-state index contributed by atoms with van der Waals surface area (Å²) in [7, 11) is 3.27. The normalized spacial score (nSPS) is 19.3. The molecule has 42 heavy (non-hydrogen) atoms. The number of carbonyl (C=O) groups excluding carboxylic acids is 1. The molecule has 0 bridgehead atoms. The first kappa shape index (κ1) is 31.8. The maximum atomic E-state index is 13.3. The molecule has 0 saturated heterocycles. The van der Waals surface area contributed by atoms with Crippen LogP contribution < -0.4 is 14.8 Å². The number of nitrogens with zero attached hydrogens (tertiary/aromatic N) is 2. The third-order valence-electron chi connectivity index (χ3n) is 8.57. The van der Waals surface area contributed by atoms with Crippen LogP contribution in [-0.2, 0) is 11.4 Å². The number of nitrogens with one attached hydrogen (secondary N) is 1. The lowest BCUT2D eigenvalue weighted by molar-refractivity contribution is -0.139. The SMILES string of the molecule is COc1ccc(C2=NN(CCCCCCCCNCC(O)c3ccc(O)c(CO)c3)C(=O)C3CCCCC23)cc1OC. The first-order chi connectivity index (χ1) is 20.5. The molecule has 1 amide bonds. The summed E-state index contributed by atoms with van der Waals surface area (Å²) in [4.78, 5) is 13.3. The van der Waals surface area contributed by atoms with Gasteiger partial charge < -0.3 is 30.1 Å². The highest BCUT2D eigenvalue weighted by atomic mass is 16.5. The Hall–Kier alpha value is -3.14. The van der Waals surface area contributed by atoms with Gasteiger partial charge in [0, 0.05) is 36.1 Å². The fourth-order valence-electron chi connectivity index (χ4n) is 6.14. The molecule has 1 heterocycles. The van der Waals surface area contributed by atoms with Crippen LogP contribution in [0, 0.1) is 11.8 Å². The van der Waals surface area contributed by atoms with E-state index in [0.717, 1.165) is 82.0 Å². The summed E-state index contributed by atoms with van der Waals surface area (Å²) in [5.74, 6) is 1.75. The van der Waals surface area contributed by atoms with Gasteiger partial charge in [-0.15, -0.1) is 0 Å². The summed E-state index contributed by atoms with van der Waals surface area (Å²) in [5.41, 5.74) is 3.09. The van der Waals surface area contributed by atoms with Crippen LogP contribution in [0.2, 0.25) is 0 Å². The maximum Gasteiger partial charge on any atom is 0.246 e. The molecule has 2 aliphatic rings. The van der Waals surface area contributed by atoms with E-state index in [2.05, 4.69) is 5.32 Å². The number of unbranched alkanes of at least 4 members (excludes halogenated alkanes) is 5. The number of methoxy groups -OCH3 is 2. The predicted molar refractivity (Wildman–Crippen MR) is 163 cm³/mol. The molecule has 2 aromatic rings. The Morgan fingerprint density at radius 2 is 1.67 bits per heavy atom. The molecule has 1 saturated carbocycles. The van der Waals surface area contributed by atoms with Crippen molar-refractivity contribution in [1.82, 2.24) is 10.3 Å². The summed E-state index contributed by atoms with van der Waals surface area (Å²) in [6, 6.07) is 10.7. The fraction of sp³-hybridized carbons (Fsp3) is 0.576. The second-order valence-corrected chi connectivity index (χ2v) is 11.4. The average Bonchev–Trinajstić information content (AvgIpc) is 3.02.